The zero-order valence-electron chi connectivity index (χ0n) is 19.1. The summed E-state index contributed by atoms with van der Waals surface area (Å²) in [5.74, 6) is 1.61. The van der Waals surface area contributed by atoms with Gasteiger partial charge in [0.25, 0.3) is 5.91 Å². The smallest absolute Gasteiger partial charge is 0.257 e. The number of thiazole rings is 1. The minimum absolute atomic E-state index is 0.160. The van der Waals surface area contributed by atoms with Gasteiger partial charge in [-0.1, -0.05) is 30.3 Å². The maximum Gasteiger partial charge on any atom is 0.257 e. The van der Waals surface area contributed by atoms with Crippen LogP contribution in [-0.2, 0) is 6.61 Å². The van der Waals surface area contributed by atoms with E-state index in [0.29, 0.717) is 34.6 Å². The third kappa shape index (κ3) is 6.34. The topological polar surface area (TPSA) is 81.7 Å². The molecule has 9 heteroatoms. The van der Waals surface area contributed by atoms with Crippen LogP contribution in [0.5, 0.6) is 17.2 Å². The van der Waals surface area contributed by atoms with Crippen molar-refractivity contribution in [2.45, 2.75) is 6.61 Å². The first-order valence-electron chi connectivity index (χ1n) is 10.6. The first-order chi connectivity index (χ1) is 17.1. The van der Waals surface area contributed by atoms with E-state index in [1.807, 2.05) is 53.9 Å². The molecule has 0 spiro atoms. The predicted octanol–water partition coefficient (Wildman–Crippen LogP) is 5.53. The number of anilines is 1. The lowest BCUT2D eigenvalue weighted by Crippen LogP contribution is -2.34. The van der Waals surface area contributed by atoms with E-state index in [9.17, 15) is 4.79 Å². The number of hydrogen-bond donors (Lipinski definition) is 2. The number of carbonyl (C=O) groups is 1. The Morgan fingerprint density at radius 3 is 2.43 bits per heavy atom. The first-order valence-corrected chi connectivity index (χ1v) is 11.9. The van der Waals surface area contributed by atoms with Gasteiger partial charge in [-0.2, -0.15) is 0 Å². The summed E-state index contributed by atoms with van der Waals surface area (Å²) in [6.45, 7) is 0.458. The quantitative estimate of drug-likeness (QED) is 0.305. The van der Waals surface area contributed by atoms with E-state index in [0.717, 1.165) is 16.8 Å². The van der Waals surface area contributed by atoms with Crippen molar-refractivity contribution in [3.05, 3.63) is 89.3 Å². The first kappa shape index (κ1) is 24.2. The molecule has 1 heterocycles. The Kier molecular flexibility index (Phi) is 7.92. The van der Waals surface area contributed by atoms with Crippen LogP contribution in [0.15, 0.2) is 78.2 Å². The molecule has 0 aliphatic rings. The molecule has 0 saturated carbocycles. The van der Waals surface area contributed by atoms with Crippen LogP contribution in [0, 0.1) is 0 Å². The van der Waals surface area contributed by atoms with E-state index in [4.69, 9.17) is 26.4 Å². The number of thiocarbonyl (C=S) groups is 1. The molecule has 0 fully saturated rings. The van der Waals surface area contributed by atoms with Gasteiger partial charge in [0, 0.05) is 16.5 Å². The van der Waals surface area contributed by atoms with Crippen LogP contribution in [0.1, 0.15) is 15.9 Å². The molecule has 0 unspecified atom stereocenters. The van der Waals surface area contributed by atoms with Crippen molar-refractivity contribution in [3.63, 3.8) is 0 Å². The van der Waals surface area contributed by atoms with Gasteiger partial charge in [-0.3, -0.25) is 10.1 Å². The van der Waals surface area contributed by atoms with Crippen LogP contribution in [0.2, 0.25) is 0 Å². The lowest BCUT2D eigenvalue weighted by Gasteiger charge is -2.09. The number of rotatable bonds is 8. The third-order valence-electron chi connectivity index (χ3n) is 5.00. The number of ether oxygens (including phenoxy) is 3. The zero-order chi connectivity index (χ0) is 24.6. The van der Waals surface area contributed by atoms with Gasteiger partial charge in [0.15, 0.2) is 21.7 Å². The Balaban J connectivity index is 1.31. The van der Waals surface area contributed by atoms with E-state index in [1.54, 1.807) is 38.5 Å². The Labute approximate surface area is 212 Å². The number of carbonyl (C=O) groups excluding carboxylic acids is 1. The monoisotopic (exact) mass is 505 g/mol. The second-order valence-electron chi connectivity index (χ2n) is 7.31. The van der Waals surface area contributed by atoms with Gasteiger partial charge in [-0.25, -0.2) is 4.98 Å². The fourth-order valence-corrected chi connectivity index (χ4v) is 4.18. The lowest BCUT2D eigenvalue weighted by molar-refractivity contribution is 0.0977. The van der Waals surface area contributed by atoms with Gasteiger partial charge in [-0.15, -0.1) is 11.3 Å². The second kappa shape index (κ2) is 11.5. The predicted molar refractivity (Wildman–Crippen MR) is 142 cm³/mol. The SMILES string of the molecule is COc1ccc(-c2csc(NC(=S)NC(=O)c3ccc(OCc4ccccc4)cc3)n2)cc1OC. The van der Waals surface area contributed by atoms with Crippen molar-refractivity contribution in [1.82, 2.24) is 10.3 Å². The molecule has 0 bridgehead atoms. The Morgan fingerprint density at radius 2 is 1.71 bits per heavy atom. The number of hydrogen-bond acceptors (Lipinski definition) is 7. The Bertz CT molecular complexity index is 1310. The summed E-state index contributed by atoms with van der Waals surface area (Å²) in [6.07, 6.45) is 0. The van der Waals surface area contributed by atoms with Gasteiger partial charge in [0.1, 0.15) is 12.4 Å². The summed E-state index contributed by atoms with van der Waals surface area (Å²) in [5.41, 5.74) is 3.16. The molecule has 0 aliphatic carbocycles. The molecular weight excluding hydrogens is 482 g/mol. The normalized spacial score (nSPS) is 10.3. The Hall–Kier alpha value is -3.95. The largest absolute Gasteiger partial charge is 0.493 e. The van der Waals surface area contributed by atoms with Gasteiger partial charge >= 0.3 is 0 Å². The number of aromatic nitrogens is 1. The summed E-state index contributed by atoms with van der Waals surface area (Å²) >= 11 is 6.67. The van der Waals surface area contributed by atoms with E-state index < -0.39 is 0 Å². The van der Waals surface area contributed by atoms with Crippen LogP contribution < -0.4 is 24.8 Å². The van der Waals surface area contributed by atoms with Crippen molar-refractivity contribution in [3.8, 4) is 28.5 Å². The molecule has 1 amide bonds. The molecule has 0 saturated heterocycles. The Morgan fingerprint density at radius 1 is 0.971 bits per heavy atom. The summed E-state index contributed by atoms with van der Waals surface area (Å²) in [7, 11) is 3.17. The minimum Gasteiger partial charge on any atom is -0.493 e. The van der Waals surface area contributed by atoms with Gasteiger partial charge in [-0.05, 0) is 60.2 Å². The highest BCUT2D eigenvalue weighted by atomic mass is 32.1. The number of nitrogens with one attached hydrogen (secondary N) is 2. The molecule has 4 rings (SSSR count). The third-order valence-corrected chi connectivity index (χ3v) is 5.96. The molecule has 2 N–H and O–H groups in total. The van der Waals surface area contributed by atoms with Crippen molar-refractivity contribution < 1.29 is 19.0 Å². The summed E-state index contributed by atoms with van der Waals surface area (Å²) in [4.78, 5) is 17.1. The maximum atomic E-state index is 12.6. The van der Waals surface area contributed by atoms with Crippen LogP contribution in [-0.4, -0.2) is 30.2 Å². The molecule has 1 aromatic heterocycles. The number of benzene rings is 3. The average molecular weight is 506 g/mol. The maximum absolute atomic E-state index is 12.6. The van der Waals surface area contributed by atoms with Gasteiger partial charge < -0.3 is 19.5 Å². The molecule has 0 radical (unpaired) electrons. The molecule has 35 heavy (non-hydrogen) atoms. The van der Waals surface area contributed by atoms with Gasteiger partial charge in [0.2, 0.25) is 0 Å². The number of methoxy groups -OCH3 is 2. The second-order valence-corrected chi connectivity index (χ2v) is 8.58. The molecule has 0 atom stereocenters. The average Bonchev–Trinajstić information content (AvgIpc) is 3.36. The van der Waals surface area contributed by atoms with Crippen molar-refractivity contribution >= 4 is 39.7 Å². The highest BCUT2D eigenvalue weighted by Crippen LogP contribution is 2.33. The fourth-order valence-electron chi connectivity index (χ4n) is 3.21. The van der Waals surface area contributed by atoms with E-state index in [2.05, 4.69) is 15.6 Å². The fraction of sp³-hybridized carbons (Fsp3) is 0.115. The van der Waals surface area contributed by atoms with Gasteiger partial charge in [0.05, 0.1) is 19.9 Å². The molecule has 0 aliphatic heterocycles. The van der Waals surface area contributed by atoms with Crippen LogP contribution in [0.25, 0.3) is 11.3 Å². The molecule has 4 aromatic rings. The molecule has 178 valence electrons. The van der Waals surface area contributed by atoms with Crippen molar-refractivity contribution in [2.24, 2.45) is 0 Å². The molecule has 3 aromatic carbocycles. The zero-order valence-corrected chi connectivity index (χ0v) is 20.7. The molecular formula is C26H23N3O4S2. The van der Waals surface area contributed by atoms with Crippen LogP contribution in [0.3, 0.4) is 0 Å². The van der Waals surface area contributed by atoms with E-state index in [1.165, 1.54) is 11.3 Å². The molecule has 7 nitrogen and oxygen atoms in total. The summed E-state index contributed by atoms with van der Waals surface area (Å²) in [6, 6.07) is 22.3. The van der Waals surface area contributed by atoms with E-state index in [-0.39, 0.29) is 11.0 Å². The van der Waals surface area contributed by atoms with Crippen LogP contribution >= 0.6 is 23.6 Å². The van der Waals surface area contributed by atoms with Crippen LogP contribution in [0.4, 0.5) is 5.13 Å². The lowest BCUT2D eigenvalue weighted by atomic mass is 10.1. The van der Waals surface area contributed by atoms with Crippen molar-refractivity contribution in [1.29, 1.82) is 0 Å². The summed E-state index contributed by atoms with van der Waals surface area (Å²) < 4.78 is 16.4. The number of amides is 1. The highest BCUT2D eigenvalue weighted by molar-refractivity contribution is 7.80. The van der Waals surface area contributed by atoms with Crippen molar-refractivity contribution in [2.75, 3.05) is 19.5 Å². The standard InChI is InChI=1S/C26H23N3O4S2/c1-31-22-13-10-19(14-23(22)32-2)21-16-35-26(27-21)29-25(34)28-24(30)18-8-11-20(12-9-18)33-15-17-6-4-3-5-7-17/h3-14,16H,15H2,1-2H3,(H2,27,28,29,30,34). The minimum atomic E-state index is -0.325. The van der Waals surface area contributed by atoms with E-state index >= 15 is 0 Å². The highest BCUT2D eigenvalue weighted by Gasteiger charge is 2.12. The number of nitrogens with zero attached hydrogens (tertiary/aromatic N) is 1. The summed E-state index contributed by atoms with van der Waals surface area (Å²) in [5, 5.41) is 8.25.